The van der Waals surface area contributed by atoms with Crippen molar-refractivity contribution in [2.24, 2.45) is 0 Å². The Morgan fingerprint density at radius 1 is 1.00 bits per heavy atom. The Balaban J connectivity index is 2.07. The molecule has 0 aliphatic rings. The highest BCUT2D eigenvalue weighted by Crippen LogP contribution is 2.20. The number of ether oxygens (including phenoxy) is 1. The molecule has 0 radical (unpaired) electrons. The summed E-state index contributed by atoms with van der Waals surface area (Å²) in [6.07, 6.45) is 0. The van der Waals surface area contributed by atoms with Crippen LogP contribution < -0.4 is 4.74 Å². The molecule has 17 heavy (non-hydrogen) atoms. The van der Waals surface area contributed by atoms with E-state index >= 15 is 0 Å². The normalized spacial score (nSPS) is 10.2. The zero-order valence-electron chi connectivity index (χ0n) is 8.93. The number of hydrogen-bond donors (Lipinski definition) is 2. The van der Waals surface area contributed by atoms with E-state index < -0.39 is 5.82 Å². The van der Waals surface area contributed by atoms with Crippen LogP contribution in [0.2, 0.25) is 0 Å². The van der Waals surface area contributed by atoms with Crippen LogP contribution in [0.4, 0.5) is 4.39 Å². The van der Waals surface area contributed by atoms with Crippen molar-refractivity contribution in [3.05, 3.63) is 53.8 Å². The minimum atomic E-state index is -0.523. The smallest absolute Gasteiger partial charge is 0.133 e. The molecule has 0 saturated carbocycles. The molecular weight excluding hydrogens is 223 g/mol. The van der Waals surface area contributed by atoms with Crippen LogP contribution in [0.25, 0.3) is 0 Å². The van der Waals surface area contributed by atoms with E-state index in [1.54, 1.807) is 12.1 Å². The number of phenols is 2. The third-order valence-corrected chi connectivity index (χ3v) is 2.25. The van der Waals surface area contributed by atoms with Gasteiger partial charge in [-0.15, -0.1) is 0 Å². The van der Waals surface area contributed by atoms with Gasteiger partial charge in [0.05, 0.1) is 0 Å². The highest BCUT2D eigenvalue weighted by molar-refractivity contribution is 5.32. The van der Waals surface area contributed by atoms with Gasteiger partial charge in [0.1, 0.15) is 29.7 Å². The number of rotatable bonds is 3. The zero-order chi connectivity index (χ0) is 12.3. The average Bonchev–Trinajstić information content (AvgIpc) is 2.28. The summed E-state index contributed by atoms with van der Waals surface area (Å²) in [5.41, 5.74) is 0.339. The van der Waals surface area contributed by atoms with Gasteiger partial charge in [-0.25, -0.2) is 4.39 Å². The molecule has 0 unspecified atom stereocenters. The first-order chi connectivity index (χ1) is 8.15. The molecule has 0 amide bonds. The number of hydrogen-bond acceptors (Lipinski definition) is 3. The topological polar surface area (TPSA) is 49.7 Å². The van der Waals surface area contributed by atoms with Crippen molar-refractivity contribution in [2.75, 3.05) is 0 Å². The predicted molar refractivity (Wildman–Crippen MR) is 60.5 cm³/mol. The monoisotopic (exact) mass is 234 g/mol. The molecule has 2 aromatic carbocycles. The van der Waals surface area contributed by atoms with Gasteiger partial charge in [0.2, 0.25) is 0 Å². The Hall–Kier alpha value is -2.23. The Morgan fingerprint density at radius 2 is 1.76 bits per heavy atom. The van der Waals surface area contributed by atoms with Crippen LogP contribution in [0.15, 0.2) is 42.5 Å². The minimum Gasteiger partial charge on any atom is -0.508 e. The van der Waals surface area contributed by atoms with Crippen LogP contribution in [0.3, 0.4) is 0 Å². The summed E-state index contributed by atoms with van der Waals surface area (Å²) in [4.78, 5) is 0. The Bertz CT molecular complexity index is 526. The lowest BCUT2D eigenvalue weighted by molar-refractivity contribution is 0.298. The number of halogens is 1. The predicted octanol–water partition coefficient (Wildman–Crippen LogP) is 2.82. The molecule has 2 N–H and O–H groups in total. The molecule has 0 spiro atoms. The van der Waals surface area contributed by atoms with Crippen LogP contribution in [0, 0.1) is 5.82 Å². The molecule has 0 aliphatic heterocycles. The first-order valence-corrected chi connectivity index (χ1v) is 5.04. The van der Waals surface area contributed by atoms with E-state index in [0.29, 0.717) is 11.3 Å². The van der Waals surface area contributed by atoms with Crippen molar-refractivity contribution in [3.63, 3.8) is 0 Å². The molecule has 0 aromatic heterocycles. The molecule has 0 fully saturated rings. The van der Waals surface area contributed by atoms with E-state index in [1.165, 1.54) is 24.3 Å². The van der Waals surface area contributed by atoms with Crippen molar-refractivity contribution < 1.29 is 19.3 Å². The van der Waals surface area contributed by atoms with E-state index in [4.69, 9.17) is 9.84 Å². The van der Waals surface area contributed by atoms with Crippen LogP contribution in [-0.2, 0) is 6.61 Å². The molecule has 0 bridgehead atoms. The highest BCUT2D eigenvalue weighted by Gasteiger charge is 2.04. The number of phenolic OH excluding ortho intramolecular Hbond substituents is 2. The van der Waals surface area contributed by atoms with Crippen molar-refractivity contribution in [1.29, 1.82) is 0 Å². The molecule has 0 atom stereocenters. The third kappa shape index (κ3) is 2.87. The van der Waals surface area contributed by atoms with Crippen molar-refractivity contribution >= 4 is 0 Å². The first kappa shape index (κ1) is 11.3. The van der Waals surface area contributed by atoms with Gasteiger partial charge in [-0.3, -0.25) is 0 Å². The van der Waals surface area contributed by atoms with Crippen molar-refractivity contribution in [3.8, 4) is 17.2 Å². The second kappa shape index (κ2) is 4.74. The van der Waals surface area contributed by atoms with Crippen LogP contribution in [0.5, 0.6) is 17.2 Å². The average molecular weight is 234 g/mol. The van der Waals surface area contributed by atoms with E-state index in [1.807, 2.05) is 0 Å². The van der Waals surface area contributed by atoms with E-state index in [-0.39, 0.29) is 18.1 Å². The van der Waals surface area contributed by atoms with Gasteiger partial charge in [0, 0.05) is 17.7 Å². The van der Waals surface area contributed by atoms with Crippen LogP contribution in [0.1, 0.15) is 5.56 Å². The molecule has 0 aliphatic carbocycles. The molecular formula is C13H11FO3. The van der Waals surface area contributed by atoms with Gasteiger partial charge in [0.15, 0.2) is 0 Å². The summed E-state index contributed by atoms with van der Waals surface area (Å²) in [5, 5.41) is 18.3. The largest absolute Gasteiger partial charge is 0.508 e. The number of aromatic hydroxyl groups is 2. The van der Waals surface area contributed by atoms with Gasteiger partial charge in [-0.1, -0.05) is 6.07 Å². The molecule has 88 valence electrons. The molecule has 4 heteroatoms. The Morgan fingerprint density at radius 3 is 2.47 bits per heavy atom. The lowest BCUT2D eigenvalue weighted by Gasteiger charge is -2.07. The zero-order valence-corrected chi connectivity index (χ0v) is 8.93. The second-order valence-electron chi connectivity index (χ2n) is 3.56. The van der Waals surface area contributed by atoms with Gasteiger partial charge < -0.3 is 14.9 Å². The Labute approximate surface area is 97.7 Å². The number of benzene rings is 2. The van der Waals surface area contributed by atoms with E-state index in [2.05, 4.69) is 0 Å². The van der Waals surface area contributed by atoms with Crippen molar-refractivity contribution in [1.82, 2.24) is 0 Å². The maximum absolute atomic E-state index is 13.3. The fourth-order valence-corrected chi connectivity index (χ4v) is 1.39. The quantitative estimate of drug-likeness (QED) is 0.858. The minimum absolute atomic E-state index is 0.0373. The summed E-state index contributed by atoms with van der Waals surface area (Å²) < 4.78 is 18.7. The van der Waals surface area contributed by atoms with Gasteiger partial charge in [0.25, 0.3) is 0 Å². The molecule has 2 aromatic rings. The fourth-order valence-electron chi connectivity index (χ4n) is 1.39. The summed E-state index contributed by atoms with van der Waals surface area (Å²) in [5.74, 6) is -0.0973. The van der Waals surface area contributed by atoms with Gasteiger partial charge in [-0.05, 0) is 24.3 Å². The fraction of sp³-hybridized carbons (Fsp3) is 0.0769. The standard InChI is InChI=1S/C13H11FO3/c14-13-7-11(16)5-4-9(13)8-17-12-3-1-2-10(15)6-12/h1-7,15-16H,8H2. The van der Waals surface area contributed by atoms with Gasteiger partial charge in [-0.2, -0.15) is 0 Å². The molecule has 0 heterocycles. The van der Waals surface area contributed by atoms with E-state index in [0.717, 1.165) is 6.07 Å². The van der Waals surface area contributed by atoms with Crippen LogP contribution in [-0.4, -0.2) is 10.2 Å². The maximum Gasteiger partial charge on any atom is 0.133 e. The first-order valence-electron chi connectivity index (χ1n) is 5.04. The molecule has 3 nitrogen and oxygen atoms in total. The summed E-state index contributed by atoms with van der Waals surface area (Å²) in [7, 11) is 0. The molecule has 2 rings (SSSR count). The SMILES string of the molecule is Oc1cccc(OCc2ccc(O)cc2F)c1. The maximum atomic E-state index is 13.3. The Kier molecular flexibility index (Phi) is 3.14. The highest BCUT2D eigenvalue weighted by atomic mass is 19.1. The summed E-state index contributed by atoms with van der Waals surface area (Å²) in [6.45, 7) is 0.0373. The van der Waals surface area contributed by atoms with Gasteiger partial charge >= 0.3 is 0 Å². The van der Waals surface area contributed by atoms with Crippen molar-refractivity contribution in [2.45, 2.75) is 6.61 Å². The molecule has 0 saturated heterocycles. The summed E-state index contributed by atoms with van der Waals surface area (Å²) >= 11 is 0. The summed E-state index contributed by atoms with van der Waals surface area (Å²) in [6, 6.07) is 10.1. The lowest BCUT2D eigenvalue weighted by atomic mass is 10.2. The van der Waals surface area contributed by atoms with Crippen LogP contribution >= 0.6 is 0 Å². The lowest BCUT2D eigenvalue weighted by Crippen LogP contribution is -1.98. The second-order valence-corrected chi connectivity index (χ2v) is 3.56. The third-order valence-electron chi connectivity index (χ3n) is 2.25. The van der Waals surface area contributed by atoms with E-state index in [9.17, 15) is 9.50 Å².